The number of halogens is 1. The highest BCUT2D eigenvalue weighted by molar-refractivity contribution is 9.10. The minimum absolute atomic E-state index is 0.277. The fourth-order valence-corrected chi connectivity index (χ4v) is 4.38. The largest absolute Gasteiger partial charge is 0.497 e. The first kappa shape index (κ1) is 14.4. The van der Waals surface area contributed by atoms with Crippen LogP contribution in [0.1, 0.15) is 5.56 Å². The molecule has 0 saturated carbocycles. The summed E-state index contributed by atoms with van der Waals surface area (Å²) in [6.45, 7) is 0.472. The predicted molar refractivity (Wildman–Crippen MR) is 85.4 cm³/mol. The van der Waals surface area contributed by atoms with E-state index >= 15 is 0 Å². The Kier molecular flexibility index (Phi) is 3.67. The summed E-state index contributed by atoms with van der Waals surface area (Å²) < 4.78 is 33.0. The van der Waals surface area contributed by atoms with E-state index in [2.05, 4.69) is 15.9 Å². The highest BCUT2D eigenvalue weighted by Gasteiger charge is 2.30. The topological polar surface area (TPSA) is 46.6 Å². The fourth-order valence-electron chi connectivity index (χ4n) is 2.46. The number of rotatable bonds is 3. The summed E-state index contributed by atoms with van der Waals surface area (Å²) in [7, 11) is -1.97. The predicted octanol–water partition coefficient (Wildman–Crippen LogP) is 3.21. The van der Waals surface area contributed by atoms with Crippen molar-refractivity contribution in [1.82, 2.24) is 0 Å². The lowest BCUT2D eigenvalue weighted by Crippen LogP contribution is -2.29. The molecule has 0 atom stereocenters. The van der Waals surface area contributed by atoms with E-state index in [1.807, 2.05) is 18.2 Å². The molecule has 0 radical (unpaired) electrons. The van der Waals surface area contributed by atoms with E-state index in [1.165, 1.54) is 4.31 Å². The zero-order chi connectivity index (χ0) is 15.0. The van der Waals surface area contributed by atoms with Crippen molar-refractivity contribution in [2.24, 2.45) is 0 Å². The summed E-state index contributed by atoms with van der Waals surface area (Å²) in [6, 6.07) is 12.1. The van der Waals surface area contributed by atoms with E-state index in [-0.39, 0.29) is 4.90 Å². The van der Waals surface area contributed by atoms with Gasteiger partial charge in [-0.15, -0.1) is 0 Å². The van der Waals surface area contributed by atoms with Gasteiger partial charge in [0.25, 0.3) is 10.0 Å². The van der Waals surface area contributed by atoms with Crippen molar-refractivity contribution in [2.75, 3.05) is 18.0 Å². The van der Waals surface area contributed by atoms with Gasteiger partial charge in [-0.3, -0.25) is 4.31 Å². The van der Waals surface area contributed by atoms with E-state index in [9.17, 15) is 8.42 Å². The van der Waals surface area contributed by atoms with Gasteiger partial charge >= 0.3 is 0 Å². The molecular formula is C15H14BrNO3S. The Bertz CT molecular complexity index is 772. The number of methoxy groups -OCH3 is 1. The van der Waals surface area contributed by atoms with Crippen molar-refractivity contribution < 1.29 is 13.2 Å². The van der Waals surface area contributed by atoms with Gasteiger partial charge in [0.2, 0.25) is 0 Å². The minimum atomic E-state index is -3.53. The fraction of sp³-hybridized carbons (Fsp3) is 0.200. The van der Waals surface area contributed by atoms with Crippen LogP contribution in [0.25, 0.3) is 0 Å². The number of benzene rings is 2. The summed E-state index contributed by atoms with van der Waals surface area (Å²) in [4.78, 5) is 0.277. The summed E-state index contributed by atoms with van der Waals surface area (Å²) in [5.74, 6) is 0.639. The van der Waals surface area contributed by atoms with E-state index in [0.717, 1.165) is 22.1 Å². The average Bonchev–Trinajstić information content (AvgIpc) is 2.91. The molecule has 2 aromatic carbocycles. The van der Waals surface area contributed by atoms with Gasteiger partial charge in [0.15, 0.2) is 0 Å². The zero-order valence-electron chi connectivity index (χ0n) is 11.4. The smallest absolute Gasteiger partial charge is 0.264 e. The quantitative estimate of drug-likeness (QED) is 0.836. The van der Waals surface area contributed by atoms with Crippen LogP contribution in [0.4, 0.5) is 5.69 Å². The second kappa shape index (κ2) is 5.35. The molecule has 4 nitrogen and oxygen atoms in total. The number of hydrogen-bond donors (Lipinski definition) is 0. The zero-order valence-corrected chi connectivity index (χ0v) is 13.8. The summed E-state index contributed by atoms with van der Waals surface area (Å²) >= 11 is 3.41. The number of ether oxygens (including phenoxy) is 1. The Morgan fingerprint density at radius 3 is 2.52 bits per heavy atom. The molecule has 0 saturated heterocycles. The molecule has 3 rings (SSSR count). The highest BCUT2D eigenvalue weighted by atomic mass is 79.9. The lowest BCUT2D eigenvalue weighted by molar-refractivity contribution is 0.414. The number of anilines is 1. The van der Waals surface area contributed by atoms with Crippen molar-refractivity contribution in [3.05, 3.63) is 52.5 Å². The van der Waals surface area contributed by atoms with E-state index < -0.39 is 10.0 Å². The van der Waals surface area contributed by atoms with Crippen molar-refractivity contribution in [1.29, 1.82) is 0 Å². The Balaban J connectivity index is 2.00. The maximum absolute atomic E-state index is 12.8. The third-order valence-electron chi connectivity index (χ3n) is 3.54. The molecule has 0 fully saturated rings. The second-order valence-electron chi connectivity index (χ2n) is 4.78. The lowest BCUT2D eigenvalue weighted by Gasteiger charge is -2.19. The summed E-state index contributed by atoms with van der Waals surface area (Å²) in [6.07, 6.45) is 0.726. The van der Waals surface area contributed by atoms with Crippen LogP contribution < -0.4 is 9.04 Å². The van der Waals surface area contributed by atoms with Gasteiger partial charge in [0, 0.05) is 11.0 Å². The molecule has 0 spiro atoms. The van der Waals surface area contributed by atoms with Crippen LogP contribution in [0.2, 0.25) is 0 Å². The lowest BCUT2D eigenvalue weighted by atomic mass is 10.2. The molecule has 0 N–H and O–H groups in total. The van der Waals surface area contributed by atoms with Crippen LogP contribution in [0, 0.1) is 0 Å². The molecule has 110 valence electrons. The van der Waals surface area contributed by atoms with Crippen molar-refractivity contribution in [2.45, 2.75) is 11.3 Å². The molecular weight excluding hydrogens is 354 g/mol. The van der Waals surface area contributed by atoms with Crippen LogP contribution in [0.3, 0.4) is 0 Å². The molecule has 1 aliphatic rings. The van der Waals surface area contributed by atoms with Gasteiger partial charge < -0.3 is 4.74 Å². The normalized spacial score (nSPS) is 14.1. The van der Waals surface area contributed by atoms with Crippen LogP contribution >= 0.6 is 15.9 Å². The van der Waals surface area contributed by atoms with Crippen molar-refractivity contribution in [3.63, 3.8) is 0 Å². The maximum Gasteiger partial charge on any atom is 0.264 e. The standard InChI is InChI=1S/C15H14BrNO3S/c1-20-13-3-5-14(6-4-13)21(18,19)17-9-8-11-10-12(16)2-7-15(11)17/h2-7,10H,8-9H2,1H3. The third kappa shape index (κ3) is 2.53. The number of hydrogen-bond acceptors (Lipinski definition) is 3. The summed E-state index contributed by atoms with van der Waals surface area (Å²) in [5.41, 5.74) is 1.80. The van der Waals surface area contributed by atoms with Gasteiger partial charge in [0.1, 0.15) is 5.75 Å². The van der Waals surface area contributed by atoms with Gasteiger partial charge in [-0.2, -0.15) is 0 Å². The third-order valence-corrected chi connectivity index (χ3v) is 5.86. The Morgan fingerprint density at radius 1 is 1.14 bits per heavy atom. The molecule has 0 aliphatic carbocycles. The Morgan fingerprint density at radius 2 is 1.86 bits per heavy atom. The van der Waals surface area contributed by atoms with Gasteiger partial charge in [-0.1, -0.05) is 15.9 Å². The Labute approximate surface area is 132 Å². The van der Waals surface area contributed by atoms with Crippen molar-refractivity contribution >= 4 is 31.6 Å². The number of fused-ring (bicyclic) bond motifs is 1. The van der Waals surface area contributed by atoms with Gasteiger partial charge in [0.05, 0.1) is 17.7 Å². The molecule has 1 aliphatic heterocycles. The van der Waals surface area contributed by atoms with Crippen molar-refractivity contribution in [3.8, 4) is 5.75 Å². The molecule has 0 amide bonds. The first-order valence-electron chi connectivity index (χ1n) is 6.47. The molecule has 2 aromatic rings. The maximum atomic E-state index is 12.8. The molecule has 6 heteroatoms. The summed E-state index contributed by atoms with van der Waals surface area (Å²) in [5, 5.41) is 0. The number of sulfonamides is 1. The van der Waals surface area contributed by atoms with Gasteiger partial charge in [-0.05, 0) is 54.4 Å². The van der Waals surface area contributed by atoms with Gasteiger partial charge in [-0.25, -0.2) is 8.42 Å². The van der Waals surface area contributed by atoms with E-state index in [0.29, 0.717) is 12.3 Å². The molecule has 0 bridgehead atoms. The molecule has 0 unspecified atom stereocenters. The monoisotopic (exact) mass is 367 g/mol. The second-order valence-corrected chi connectivity index (χ2v) is 7.55. The van der Waals surface area contributed by atoms with Crippen LogP contribution in [-0.4, -0.2) is 22.1 Å². The van der Waals surface area contributed by atoms with Crippen LogP contribution in [0.5, 0.6) is 5.75 Å². The Hall–Kier alpha value is -1.53. The first-order valence-corrected chi connectivity index (χ1v) is 8.71. The molecule has 0 aromatic heterocycles. The van der Waals surface area contributed by atoms with Crippen LogP contribution in [-0.2, 0) is 16.4 Å². The minimum Gasteiger partial charge on any atom is -0.497 e. The number of nitrogens with zero attached hydrogens (tertiary/aromatic N) is 1. The molecule has 21 heavy (non-hydrogen) atoms. The highest BCUT2D eigenvalue weighted by Crippen LogP contribution is 2.34. The average molecular weight is 368 g/mol. The van der Waals surface area contributed by atoms with E-state index in [4.69, 9.17) is 4.74 Å². The first-order chi connectivity index (χ1) is 10.0. The molecule has 1 heterocycles. The van der Waals surface area contributed by atoms with Crippen LogP contribution in [0.15, 0.2) is 51.8 Å². The van der Waals surface area contributed by atoms with E-state index in [1.54, 1.807) is 31.4 Å². The SMILES string of the molecule is COc1ccc(S(=O)(=O)N2CCc3cc(Br)ccc32)cc1.